The van der Waals surface area contributed by atoms with Crippen LogP contribution in [0.4, 0.5) is 0 Å². The third kappa shape index (κ3) is 0.388. The molecule has 2 bridgehead atoms. The summed E-state index contributed by atoms with van der Waals surface area (Å²) >= 11 is 0. The number of carbonyl (C=O) groups is 1. The van der Waals surface area contributed by atoms with Gasteiger partial charge in [-0.1, -0.05) is 0 Å². The third-order valence-corrected chi connectivity index (χ3v) is 5.98. The second-order valence-electron chi connectivity index (χ2n) is 5.84. The lowest BCUT2D eigenvalue weighted by molar-refractivity contribution is -0.149. The zero-order chi connectivity index (χ0) is 8.32. The van der Waals surface area contributed by atoms with Gasteiger partial charge in [-0.25, -0.2) is 0 Å². The lowest BCUT2D eigenvalue weighted by Gasteiger charge is -2.53. The van der Waals surface area contributed by atoms with Gasteiger partial charge in [0.05, 0.1) is 0 Å². The SMILES string of the molecule is O=C1NC2C3CC4C1C1C2CC3C41. The number of piperidine rings is 1. The molecule has 1 amide bonds. The van der Waals surface area contributed by atoms with Crippen molar-refractivity contribution in [1.29, 1.82) is 0 Å². The number of fused-ring (bicyclic) bond motifs is 2. The minimum absolute atomic E-state index is 0.412. The van der Waals surface area contributed by atoms with Crippen LogP contribution in [0.2, 0.25) is 0 Å². The molecule has 8 unspecified atom stereocenters. The molecule has 0 aromatic rings. The predicted octanol–water partition coefficient (Wildman–Crippen LogP) is 0.633. The van der Waals surface area contributed by atoms with Crippen molar-refractivity contribution in [1.82, 2.24) is 5.32 Å². The smallest absolute Gasteiger partial charge is 0.223 e. The van der Waals surface area contributed by atoms with Crippen LogP contribution in [0.5, 0.6) is 0 Å². The Morgan fingerprint density at radius 1 is 1.00 bits per heavy atom. The first-order valence-electron chi connectivity index (χ1n) is 5.66. The van der Waals surface area contributed by atoms with Crippen molar-refractivity contribution in [3.05, 3.63) is 0 Å². The summed E-state index contributed by atoms with van der Waals surface area (Å²) < 4.78 is 0. The summed E-state index contributed by atoms with van der Waals surface area (Å²) in [5.41, 5.74) is 0. The minimum atomic E-state index is 0.412. The molecule has 0 aromatic carbocycles. The first kappa shape index (κ1) is 6.05. The highest BCUT2D eigenvalue weighted by molar-refractivity contribution is 5.83. The lowest BCUT2D eigenvalue weighted by Crippen LogP contribution is -2.62. The fraction of sp³-hybridized carbons (Fsp3) is 0.909. The Hall–Kier alpha value is -0.530. The van der Waals surface area contributed by atoms with Gasteiger partial charge in [0.15, 0.2) is 0 Å². The minimum Gasteiger partial charge on any atom is -0.353 e. The summed E-state index contributed by atoms with van der Waals surface area (Å²) in [4.78, 5) is 11.7. The van der Waals surface area contributed by atoms with E-state index in [2.05, 4.69) is 5.32 Å². The van der Waals surface area contributed by atoms with E-state index in [0.717, 1.165) is 35.5 Å². The van der Waals surface area contributed by atoms with E-state index >= 15 is 0 Å². The first-order valence-corrected chi connectivity index (χ1v) is 5.66. The first-order chi connectivity index (χ1) is 6.36. The van der Waals surface area contributed by atoms with Crippen LogP contribution in [0.1, 0.15) is 12.8 Å². The summed E-state index contributed by atoms with van der Waals surface area (Å²) in [7, 11) is 0. The number of hydrogen-bond acceptors (Lipinski definition) is 1. The van der Waals surface area contributed by atoms with Crippen molar-refractivity contribution in [2.45, 2.75) is 18.9 Å². The summed E-state index contributed by atoms with van der Waals surface area (Å²) in [6, 6.07) is 0.613. The molecule has 5 fully saturated rings. The highest BCUT2D eigenvalue weighted by atomic mass is 16.2. The summed E-state index contributed by atoms with van der Waals surface area (Å²) in [6.45, 7) is 0. The lowest BCUT2D eigenvalue weighted by atomic mass is 9.54. The molecule has 68 valence electrons. The molecule has 0 spiro atoms. The Morgan fingerprint density at radius 2 is 1.85 bits per heavy atom. The van der Waals surface area contributed by atoms with Crippen molar-refractivity contribution < 1.29 is 4.79 Å². The maximum Gasteiger partial charge on any atom is 0.223 e. The fourth-order valence-electron chi connectivity index (χ4n) is 5.90. The summed E-state index contributed by atoms with van der Waals surface area (Å²) in [6.07, 6.45) is 2.84. The van der Waals surface area contributed by atoms with E-state index in [1.165, 1.54) is 12.8 Å². The van der Waals surface area contributed by atoms with Gasteiger partial charge < -0.3 is 5.32 Å². The van der Waals surface area contributed by atoms with Crippen molar-refractivity contribution in [3.63, 3.8) is 0 Å². The van der Waals surface area contributed by atoms with Crippen LogP contribution in [-0.4, -0.2) is 11.9 Å². The second kappa shape index (κ2) is 1.45. The van der Waals surface area contributed by atoms with Crippen LogP contribution >= 0.6 is 0 Å². The number of amides is 1. The zero-order valence-electron chi connectivity index (χ0n) is 7.44. The summed E-state index contributed by atoms with van der Waals surface area (Å²) in [5.74, 6) is 6.36. The average Bonchev–Trinajstić information content (AvgIpc) is 2.51. The van der Waals surface area contributed by atoms with Crippen LogP contribution in [0.25, 0.3) is 0 Å². The molecule has 1 heterocycles. The van der Waals surface area contributed by atoms with Crippen LogP contribution in [0.3, 0.4) is 0 Å². The molecule has 8 atom stereocenters. The van der Waals surface area contributed by atoms with E-state index in [0.29, 0.717) is 17.9 Å². The zero-order valence-corrected chi connectivity index (χ0v) is 7.44. The monoisotopic (exact) mass is 175 g/mol. The van der Waals surface area contributed by atoms with Crippen molar-refractivity contribution in [2.24, 2.45) is 41.4 Å². The maximum atomic E-state index is 11.7. The fourth-order valence-corrected chi connectivity index (χ4v) is 5.90. The highest BCUT2D eigenvalue weighted by Gasteiger charge is 2.76. The highest BCUT2D eigenvalue weighted by Crippen LogP contribution is 2.76. The molecular formula is C11H13NO. The Morgan fingerprint density at radius 3 is 2.77 bits per heavy atom. The molecule has 2 heteroatoms. The van der Waals surface area contributed by atoms with Crippen molar-refractivity contribution in [2.75, 3.05) is 0 Å². The molecule has 2 nitrogen and oxygen atoms in total. The molecule has 4 saturated carbocycles. The van der Waals surface area contributed by atoms with Crippen molar-refractivity contribution in [3.8, 4) is 0 Å². The number of carbonyl (C=O) groups excluding carboxylic acids is 1. The molecule has 1 N–H and O–H groups in total. The Labute approximate surface area is 77.1 Å². The van der Waals surface area contributed by atoms with Gasteiger partial charge in [-0.2, -0.15) is 0 Å². The predicted molar refractivity (Wildman–Crippen MR) is 45.6 cm³/mol. The average molecular weight is 175 g/mol. The van der Waals surface area contributed by atoms with Crippen LogP contribution in [-0.2, 0) is 4.79 Å². The van der Waals surface area contributed by atoms with Gasteiger partial charge in [0.2, 0.25) is 5.91 Å². The Bertz CT molecular complexity index is 335. The van der Waals surface area contributed by atoms with Gasteiger partial charge in [0.1, 0.15) is 0 Å². The molecule has 0 radical (unpaired) electrons. The van der Waals surface area contributed by atoms with E-state index in [1.807, 2.05) is 0 Å². The maximum absolute atomic E-state index is 11.7. The molecule has 0 aromatic heterocycles. The van der Waals surface area contributed by atoms with Gasteiger partial charge in [-0.3, -0.25) is 4.79 Å². The van der Waals surface area contributed by atoms with E-state index in [1.54, 1.807) is 0 Å². The van der Waals surface area contributed by atoms with Crippen LogP contribution in [0.15, 0.2) is 0 Å². The molecular weight excluding hydrogens is 162 g/mol. The van der Waals surface area contributed by atoms with Gasteiger partial charge in [-0.15, -0.1) is 0 Å². The van der Waals surface area contributed by atoms with Gasteiger partial charge in [0.25, 0.3) is 0 Å². The van der Waals surface area contributed by atoms with E-state index in [9.17, 15) is 4.79 Å². The summed E-state index contributed by atoms with van der Waals surface area (Å²) in [5, 5.41) is 3.28. The molecule has 13 heavy (non-hydrogen) atoms. The molecule has 1 saturated heterocycles. The standard InChI is InChI=1S/C11H13NO/c13-11-9-5-2-4-3-1-6(10(4)12-11)8(9)7(3)5/h3-10H,1-2H2,(H,12,13). The van der Waals surface area contributed by atoms with Crippen LogP contribution in [0, 0.1) is 41.4 Å². The number of rotatable bonds is 0. The number of nitrogens with one attached hydrogen (secondary N) is 1. The van der Waals surface area contributed by atoms with E-state index in [4.69, 9.17) is 0 Å². The van der Waals surface area contributed by atoms with Gasteiger partial charge >= 0.3 is 0 Å². The topological polar surface area (TPSA) is 29.1 Å². The normalized spacial score (nSPS) is 74.3. The van der Waals surface area contributed by atoms with Gasteiger partial charge in [-0.05, 0) is 48.3 Å². The third-order valence-electron chi connectivity index (χ3n) is 5.98. The Kier molecular flexibility index (Phi) is 0.674. The molecule has 5 aliphatic rings. The molecule has 1 aliphatic heterocycles. The largest absolute Gasteiger partial charge is 0.353 e. The van der Waals surface area contributed by atoms with E-state index < -0.39 is 0 Å². The second-order valence-corrected chi connectivity index (χ2v) is 5.84. The number of hydrogen-bond donors (Lipinski definition) is 1. The molecule has 4 aliphatic carbocycles. The van der Waals surface area contributed by atoms with E-state index in [-0.39, 0.29) is 0 Å². The molecule has 5 rings (SSSR count). The van der Waals surface area contributed by atoms with Crippen molar-refractivity contribution >= 4 is 5.91 Å². The van der Waals surface area contributed by atoms with Gasteiger partial charge in [0, 0.05) is 12.0 Å². The quantitative estimate of drug-likeness (QED) is 0.575. The van der Waals surface area contributed by atoms with Crippen LogP contribution < -0.4 is 5.32 Å². The Balaban J connectivity index is 1.82.